The van der Waals surface area contributed by atoms with E-state index in [0.717, 1.165) is 16.5 Å². The molecule has 0 spiro atoms. The summed E-state index contributed by atoms with van der Waals surface area (Å²) in [6.07, 6.45) is 6.20. The molecular formula is C19H15FN2O. The predicted molar refractivity (Wildman–Crippen MR) is 88.2 cm³/mol. The third kappa shape index (κ3) is 3.20. The van der Waals surface area contributed by atoms with Crippen LogP contribution in [-0.4, -0.2) is 21.2 Å². The summed E-state index contributed by atoms with van der Waals surface area (Å²) in [6.45, 7) is 1.83. The number of aromatic nitrogens is 2. The monoisotopic (exact) mass is 306 g/mol. The molecule has 0 amide bonds. The van der Waals surface area contributed by atoms with Crippen LogP contribution in [0.2, 0.25) is 0 Å². The smallest absolute Gasteiger partial charge is 0.131 e. The van der Waals surface area contributed by atoms with Crippen LogP contribution in [0.4, 0.5) is 4.39 Å². The molecule has 2 aromatic carbocycles. The molecule has 1 heterocycles. The van der Waals surface area contributed by atoms with Crippen LogP contribution in [0.15, 0.2) is 42.6 Å². The summed E-state index contributed by atoms with van der Waals surface area (Å²) in [6, 6.07) is 10.4. The maximum Gasteiger partial charge on any atom is 0.131 e. The van der Waals surface area contributed by atoms with Gasteiger partial charge in [-0.15, -0.1) is 6.42 Å². The van der Waals surface area contributed by atoms with E-state index < -0.39 is 6.10 Å². The van der Waals surface area contributed by atoms with Gasteiger partial charge in [-0.25, -0.2) is 14.4 Å². The third-order valence-electron chi connectivity index (χ3n) is 3.67. The third-order valence-corrected chi connectivity index (χ3v) is 3.67. The number of nitrogens with zero attached hydrogens (tertiary/aromatic N) is 2. The molecule has 1 aromatic heterocycles. The van der Waals surface area contributed by atoms with Gasteiger partial charge in [-0.3, -0.25) is 0 Å². The van der Waals surface area contributed by atoms with E-state index in [9.17, 15) is 9.50 Å². The second kappa shape index (κ2) is 6.15. The van der Waals surface area contributed by atoms with Crippen molar-refractivity contribution in [1.82, 2.24) is 9.97 Å². The van der Waals surface area contributed by atoms with Gasteiger partial charge in [0.15, 0.2) is 0 Å². The van der Waals surface area contributed by atoms with Crippen molar-refractivity contribution >= 4 is 10.9 Å². The Bertz CT molecular complexity index is 915. The lowest BCUT2D eigenvalue weighted by Gasteiger charge is -2.09. The summed E-state index contributed by atoms with van der Waals surface area (Å²) in [7, 11) is 0. The van der Waals surface area contributed by atoms with E-state index >= 15 is 0 Å². The molecule has 4 heteroatoms. The van der Waals surface area contributed by atoms with Crippen LogP contribution in [-0.2, 0) is 6.42 Å². The first-order valence-electron chi connectivity index (χ1n) is 7.23. The predicted octanol–water partition coefficient (Wildman–Crippen LogP) is 3.28. The molecular weight excluding hydrogens is 291 g/mol. The number of halogens is 1. The fourth-order valence-corrected chi connectivity index (χ4v) is 2.50. The second-order valence-electron chi connectivity index (χ2n) is 5.39. The SMILES string of the molecule is C#CC(O)Cc1ccc(-c2ccc3nc(C)ncc3c2)c(F)c1. The van der Waals surface area contributed by atoms with Gasteiger partial charge in [0.1, 0.15) is 17.7 Å². The topological polar surface area (TPSA) is 46.0 Å². The van der Waals surface area contributed by atoms with Crippen molar-refractivity contribution in [3.8, 4) is 23.5 Å². The zero-order valence-corrected chi connectivity index (χ0v) is 12.6. The van der Waals surface area contributed by atoms with Crippen molar-refractivity contribution in [3.63, 3.8) is 0 Å². The Hall–Kier alpha value is -2.77. The number of hydrogen-bond donors (Lipinski definition) is 1. The average molecular weight is 306 g/mol. The molecule has 0 aliphatic heterocycles. The maximum atomic E-state index is 14.4. The van der Waals surface area contributed by atoms with Gasteiger partial charge in [-0.05, 0) is 36.2 Å². The highest BCUT2D eigenvalue weighted by Crippen LogP contribution is 2.27. The highest BCUT2D eigenvalue weighted by Gasteiger charge is 2.09. The van der Waals surface area contributed by atoms with Gasteiger partial charge in [0, 0.05) is 23.6 Å². The van der Waals surface area contributed by atoms with Crippen molar-refractivity contribution in [1.29, 1.82) is 0 Å². The summed E-state index contributed by atoms with van der Waals surface area (Å²) in [5.41, 5.74) is 2.74. The first-order chi connectivity index (χ1) is 11.1. The molecule has 1 N–H and O–H groups in total. The number of hydrogen-bond acceptors (Lipinski definition) is 3. The van der Waals surface area contributed by atoms with Crippen molar-refractivity contribution < 1.29 is 9.50 Å². The first kappa shape index (κ1) is 15.1. The van der Waals surface area contributed by atoms with Gasteiger partial charge in [-0.1, -0.05) is 24.1 Å². The Balaban J connectivity index is 1.98. The van der Waals surface area contributed by atoms with E-state index in [1.54, 1.807) is 18.3 Å². The highest BCUT2D eigenvalue weighted by molar-refractivity contribution is 5.84. The van der Waals surface area contributed by atoms with E-state index in [4.69, 9.17) is 6.42 Å². The van der Waals surface area contributed by atoms with E-state index in [1.807, 2.05) is 25.1 Å². The van der Waals surface area contributed by atoms with E-state index in [1.165, 1.54) is 6.07 Å². The molecule has 3 nitrogen and oxygen atoms in total. The van der Waals surface area contributed by atoms with Crippen LogP contribution in [0.1, 0.15) is 11.4 Å². The summed E-state index contributed by atoms with van der Waals surface area (Å²) < 4.78 is 14.4. The molecule has 1 atom stereocenters. The van der Waals surface area contributed by atoms with Gasteiger partial charge in [0.2, 0.25) is 0 Å². The summed E-state index contributed by atoms with van der Waals surface area (Å²) >= 11 is 0. The Morgan fingerprint density at radius 3 is 2.83 bits per heavy atom. The summed E-state index contributed by atoms with van der Waals surface area (Å²) in [5.74, 6) is 2.58. The number of terminal acetylenes is 1. The lowest BCUT2D eigenvalue weighted by Crippen LogP contribution is -2.07. The largest absolute Gasteiger partial charge is 0.380 e. The van der Waals surface area contributed by atoms with Crippen LogP contribution < -0.4 is 0 Å². The van der Waals surface area contributed by atoms with Gasteiger partial charge in [-0.2, -0.15) is 0 Å². The summed E-state index contributed by atoms with van der Waals surface area (Å²) in [5, 5.41) is 10.3. The normalized spacial score (nSPS) is 12.1. The maximum absolute atomic E-state index is 14.4. The van der Waals surface area contributed by atoms with E-state index in [2.05, 4.69) is 15.9 Å². The van der Waals surface area contributed by atoms with Gasteiger partial charge in [0.25, 0.3) is 0 Å². The number of benzene rings is 2. The van der Waals surface area contributed by atoms with Gasteiger partial charge in [0.05, 0.1) is 5.52 Å². The number of aliphatic hydroxyl groups is 1. The molecule has 0 aliphatic carbocycles. The van der Waals surface area contributed by atoms with Crippen LogP contribution in [0.5, 0.6) is 0 Å². The Morgan fingerprint density at radius 1 is 1.26 bits per heavy atom. The molecule has 1 unspecified atom stereocenters. The lowest BCUT2D eigenvalue weighted by atomic mass is 9.99. The van der Waals surface area contributed by atoms with Gasteiger partial charge >= 0.3 is 0 Å². The van der Waals surface area contributed by atoms with Crippen molar-refractivity contribution in [2.45, 2.75) is 19.4 Å². The number of aryl methyl sites for hydroxylation is 1. The minimum absolute atomic E-state index is 0.235. The Labute approximate surface area is 133 Å². The van der Waals surface area contributed by atoms with Crippen LogP contribution in [0.3, 0.4) is 0 Å². The van der Waals surface area contributed by atoms with Crippen molar-refractivity contribution in [2.75, 3.05) is 0 Å². The molecule has 0 saturated heterocycles. The van der Waals surface area contributed by atoms with Crippen molar-refractivity contribution in [3.05, 3.63) is 59.8 Å². The molecule has 114 valence electrons. The standard InChI is InChI=1S/C19H15FN2O/c1-3-16(23)8-13-4-6-17(18(20)9-13)14-5-7-19-15(10-14)11-21-12(2)22-19/h1,4-7,9-11,16,23H,8H2,2H3. The minimum Gasteiger partial charge on any atom is -0.380 e. The quantitative estimate of drug-likeness (QED) is 0.755. The fourth-order valence-electron chi connectivity index (χ4n) is 2.50. The highest BCUT2D eigenvalue weighted by atomic mass is 19.1. The van der Waals surface area contributed by atoms with E-state index in [0.29, 0.717) is 17.0 Å². The Kier molecular flexibility index (Phi) is 4.05. The molecule has 0 bridgehead atoms. The minimum atomic E-state index is -0.902. The molecule has 0 aliphatic rings. The molecule has 0 fully saturated rings. The molecule has 3 rings (SSSR count). The fraction of sp³-hybridized carbons (Fsp3) is 0.158. The van der Waals surface area contributed by atoms with Crippen LogP contribution in [0, 0.1) is 25.1 Å². The summed E-state index contributed by atoms with van der Waals surface area (Å²) in [4.78, 5) is 8.51. The van der Waals surface area contributed by atoms with E-state index in [-0.39, 0.29) is 12.2 Å². The van der Waals surface area contributed by atoms with Crippen LogP contribution in [0.25, 0.3) is 22.0 Å². The zero-order valence-electron chi connectivity index (χ0n) is 12.6. The lowest BCUT2D eigenvalue weighted by molar-refractivity contribution is 0.233. The first-order valence-corrected chi connectivity index (χ1v) is 7.23. The second-order valence-corrected chi connectivity index (χ2v) is 5.39. The van der Waals surface area contributed by atoms with Crippen molar-refractivity contribution in [2.24, 2.45) is 0 Å². The molecule has 0 radical (unpaired) electrons. The van der Waals surface area contributed by atoms with Gasteiger partial charge < -0.3 is 5.11 Å². The number of fused-ring (bicyclic) bond motifs is 1. The molecule has 0 saturated carbocycles. The average Bonchev–Trinajstić information content (AvgIpc) is 2.54. The van der Waals surface area contributed by atoms with Crippen LogP contribution >= 0.6 is 0 Å². The molecule has 3 aromatic rings. The molecule has 23 heavy (non-hydrogen) atoms. The number of rotatable bonds is 3. The zero-order chi connectivity index (χ0) is 16.4. The Morgan fingerprint density at radius 2 is 2.09 bits per heavy atom. The number of aliphatic hydroxyl groups excluding tert-OH is 1.